The summed E-state index contributed by atoms with van der Waals surface area (Å²) in [5.41, 5.74) is 2.95. The van der Waals surface area contributed by atoms with Crippen LogP contribution in [-0.4, -0.2) is 34.8 Å². The van der Waals surface area contributed by atoms with Gasteiger partial charge in [0, 0.05) is 12.6 Å². The summed E-state index contributed by atoms with van der Waals surface area (Å²) in [6.45, 7) is 6.58. The van der Waals surface area contributed by atoms with Crippen LogP contribution in [0, 0.1) is 0 Å². The molecule has 0 fully saturated rings. The molecule has 4 aromatic rings. The lowest BCUT2D eigenvalue weighted by Crippen LogP contribution is -2.16. The highest BCUT2D eigenvalue weighted by molar-refractivity contribution is 5.58. The summed E-state index contributed by atoms with van der Waals surface area (Å²) in [4.78, 5) is 0. The van der Waals surface area contributed by atoms with Gasteiger partial charge < -0.3 is 9.15 Å². The van der Waals surface area contributed by atoms with Crippen molar-refractivity contribution in [2.24, 2.45) is 7.05 Å². The fourth-order valence-corrected chi connectivity index (χ4v) is 2.64. The minimum Gasteiger partial charge on any atom is -0.472 e. The second-order valence-corrected chi connectivity index (χ2v) is 7.09. The number of aryl methyl sites for hydroxylation is 1. The summed E-state index contributed by atoms with van der Waals surface area (Å²) in [5, 5.41) is 21.1. The molecule has 0 atom stereocenters. The van der Waals surface area contributed by atoms with Gasteiger partial charge in [-0.1, -0.05) is 26.0 Å². The smallest absolute Gasteiger partial charge is 0.236 e. The van der Waals surface area contributed by atoms with Crippen LogP contribution in [0.5, 0.6) is 5.88 Å². The highest BCUT2D eigenvalue weighted by Gasteiger charge is 2.24. The third-order valence-corrected chi connectivity index (χ3v) is 3.95. The second-order valence-electron chi connectivity index (χ2n) is 7.09. The molecule has 0 saturated heterocycles. The largest absolute Gasteiger partial charge is 0.472 e. The molecular weight excluding hydrogens is 334 g/mol. The average molecular weight is 353 g/mol. The van der Waals surface area contributed by atoms with Gasteiger partial charge in [0.25, 0.3) is 0 Å². The summed E-state index contributed by atoms with van der Waals surface area (Å²) in [7, 11) is 1.82. The Balaban J connectivity index is 1.78. The minimum absolute atomic E-state index is 0.172. The highest BCUT2D eigenvalue weighted by atomic mass is 16.5. The van der Waals surface area contributed by atoms with Crippen molar-refractivity contribution in [3.8, 4) is 17.3 Å². The standard InChI is InChI=1S/C17H19N7O2/c1-17(2,3)13-7-14-19-20-15(11-5-6-25-9-11)24(14)21-16(13)26-10-12-8-23(4)22-18-12/h5-9H,10H2,1-4H3. The number of hydrogen-bond acceptors (Lipinski definition) is 7. The highest BCUT2D eigenvalue weighted by Crippen LogP contribution is 2.32. The summed E-state index contributed by atoms with van der Waals surface area (Å²) < 4.78 is 14.4. The van der Waals surface area contributed by atoms with Gasteiger partial charge in [-0.15, -0.1) is 20.4 Å². The van der Waals surface area contributed by atoms with Gasteiger partial charge in [0.15, 0.2) is 11.5 Å². The first-order chi connectivity index (χ1) is 12.4. The molecule has 9 nitrogen and oxygen atoms in total. The third kappa shape index (κ3) is 2.92. The van der Waals surface area contributed by atoms with Gasteiger partial charge in [0.05, 0.1) is 18.0 Å². The second kappa shape index (κ2) is 5.94. The molecule has 26 heavy (non-hydrogen) atoms. The van der Waals surface area contributed by atoms with Crippen molar-refractivity contribution in [3.05, 3.63) is 42.1 Å². The van der Waals surface area contributed by atoms with E-state index in [9.17, 15) is 0 Å². The minimum atomic E-state index is -0.172. The van der Waals surface area contributed by atoms with Gasteiger partial charge in [0.2, 0.25) is 5.88 Å². The Morgan fingerprint density at radius 3 is 2.69 bits per heavy atom. The molecule has 9 heteroatoms. The lowest BCUT2D eigenvalue weighted by Gasteiger charge is -2.21. The van der Waals surface area contributed by atoms with Crippen molar-refractivity contribution in [1.82, 2.24) is 34.8 Å². The molecule has 0 aliphatic carbocycles. The molecule has 0 aliphatic rings. The summed E-state index contributed by atoms with van der Waals surface area (Å²) >= 11 is 0. The Kier molecular flexibility index (Phi) is 3.71. The van der Waals surface area contributed by atoms with Crippen LogP contribution in [0.1, 0.15) is 32.0 Å². The number of aromatic nitrogens is 7. The zero-order chi connectivity index (χ0) is 18.3. The average Bonchev–Trinajstić information content (AvgIpc) is 3.31. The van der Waals surface area contributed by atoms with E-state index < -0.39 is 0 Å². The molecule has 4 rings (SSSR count). The van der Waals surface area contributed by atoms with Crippen molar-refractivity contribution < 1.29 is 9.15 Å². The van der Waals surface area contributed by atoms with Crippen LogP contribution in [-0.2, 0) is 19.1 Å². The molecule has 0 unspecified atom stereocenters. The van der Waals surface area contributed by atoms with Crippen molar-refractivity contribution in [2.75, 3.05) is 0 Å². The molecular formula is C17H19N7O2. The predicted molar refractivity (Wildman–Crippen MR) is 92.5 cm³/mol. The molecule has 0 aliphatic heterocycles. The summed E-state index contributed by atoms with van der Waals surface area (Å²) in [5.74, 6) is 1.11. The fourth-order valence-electron chi connectivity index (χ4n) is 2.64. The maximum absolute atomic E-state index is 5.99. The number of hydrogen-bond donors (Lipinski definition) is 0. The van der Waals surface area contributed by atoms with E-state index in [0.29, 0.717) is 17.4 Å². The Labute approximate surface area is 149 Å². The van der Waals surface area contributed by atoms with Gasteiger partial charge in [-0.25, -0.2) is 0 Å². The first kappa shape index (κ1) is 16.2. The van der Waals surface area contributed by atoms with Crippen molar-refractivity contribution >= 4 is 5.65 Å². The van der Waals surface area contributed by atoms with E-state index in [0.717, 1.165) is 16.8 Å². The van der Waals surface area contributed by atoms with Crippen molar-refractivity contribution in [1.29, 1.82) is 0 Å². The van der Waals surface area contributed by atoms with E-state index in [4.69, 9.17) is 9.15 Å². The number of nitrogens with zero attached hydrogens (tertiary/aromatic N) is 7. The van der Waals surface area contributed by atoms with Crippen LogP contribution in [0.3, 0.4) is 0 Å². The predicted octanol–water partition coefficient (Wildman–Crippen LogP) is 2.39. The van der Waals surface area contributed by atoms with E-state index in [1.165, 1.54) is 0 Å². The first-order valence-corrected chi connectivity index (χ1v) is 8.19. The maximum atomic E-state index is 5.99. The molecule has 0 N–H and O–H groups in total. The zero-order valence-corrected chi connectivity index (χ0v) is 15.0. The van der Waals surface area contributed by atoms with Crippen LogP contribution in [0.4, 0.5) is 0 Å². The van der Waals surface area contributed by atoms with E-state index in [1.807, 2.05) is 25.4 Å². The zero-order valence-electron chi connectivity index (χ0n) is 15.0. The van der Waals surface area contributed by atoms with Crippen LogP contribution in [0.15, 0.2) is 35.3 Å². The lowest BCUT2D eigenvalue weighted by atomic mass is 9.88. The van der Waals surface area contributed by atoms with Crippen LogP contribution >= 0.6 is 0 Å². The number of rotatable bonds is 4. The van der Waals surface area contributed by atoms with E-state index in [1.54, 1.807) is 21.7 Å². The van der Waals surface area contributed by atoms with E-state index >= 15 is 0 Å². The maximum Gasteiger partial charge on any atom is 0.236 e. The normalized spacial score (nSPS) is 12.0. The fraction of sp³-hybridized carbons (Fsp3) is 0.353. The Hall–Kier alpha value is -3.23. The monoisotopic (exact) mass is 353 g/mol. The third-order valence-electron chi connectivity index (χ3n) is 3.95. The molecule has 0 spiro atoms. The van der Waals surface area contributed by atoms with Gasteiger partial charge in [-0.2, -0.15) is 4.52 Å². The molecule has 134 valence electrons. The molecule has 0 aromatic carbocycles. The Morgan fingerprint density at radius 2 is 2.04 bits per heavy atom. The molecule has 0 saturated carbocycles. The Bertz CT molecular complexity index is 1040. The number of furan rings is 1. The first-order valence-electron chi connectivity index (χ1n) is 8.19. The topological polar surface area (TPSA) is 96.2 Å². The van der Waals surface area contributed by atoms with Crippen molar-refractivity contribution in [3.63, 3.8) is 0 Å². The Morgan fingerprint density at radius 1 is 1.19 bits per heavy atom. The molecule has 0 bridgehead atoms. The number of ether oxygens (including phenoxy) is 1. The molecule has 4 heterocycles. The van der Waals surface area contributed by atoms with Crippen molar-refractivity contribution in [2.45, 2.75) is 32.8 Å². The molecule has 4 aromatic heterocycles. The van der Waals surface area contributed by atoms with E-state index in [2.05, 4.69) is 46.4 Å². The van der Waals surface area contributed by atoms with Gasteiger partial charge >= 0.3 is 0 Å². The summed E-state index contributed by atoms with van der Waals surface area (Å²) in [6, 6.07) is 3.77. The van der Waals surface area contributed by atoms with Crippen LogP contribution < -0.4 is 4.74 Å². The number of fused-ring (bicyclic) bond motifs is 1. The van der Waals surface area contributed by atoms with Gasteiger partial charge in [-0.05, 0) is 17.5 Å². The van der Waals surface area contributed by atoms with Crippen LogP contribution in [0.2, 0.25) is 0 Å². The lowest BCUT2D eigenvalue weighted by molar-refractivity contribution is 0.276. The SMILES string of the molecule is Cn1cc(COc2nn3c(-c4ccoc4)nnc3cc2C(C)(C)C)nn1. The van der Waals surface area contributed by atoms with Gasteiger partial charge in [-0.3, -0.25) is 4.68 Å². The molecule has 0 amide bonds. The van der Waals surface area contributed by atoms with Gasteiger partial charge in [0.1, 0.15) is 18.6 Å². The molecule has 0 radical (unpaired) electrons. The quantitative estimate of drug-likeness (QED) is 0.556. The van der Waals surface area contributed by atoms with Crippen LogP contribution in [0.25, 0.3) is 17.0 Å². The van der Waals surface area contributed by atoms with E-state index in [-0.39, 0.29) is 12.0 Å². The summed E-state index contributed by atoms with van der Waals surface area (Å²) in [6.07, 6.45) is 5.01.